The van der Waals surface area contributed by atoms with Gasteiger partial charge in [-0.2, -0.15) is 0 Å². The van der Waals surface area contributed by atoms with Crippen LogP contribution < -0.4 is 4.90 Å². The summed E-state index contributed by atoms with van der Waals surface area (Å²) in [5.74, 6) is 0.348. The molecule has 0 N–H and O–H groups in total. The van der Waals surface area contributed by atoms with Crippen molar-refractivity contribution in [1.82, 2.24) is 0 Å². The Morgan fingerprint density at radius 2 is 1.89 bits per heavy atom. The molecule has 1 fully saturated rings. The summed E-state index contributed by atoms with van der Waals surface area (Å²) in [6.07, 6.45) is 1.52. The lowest BCUT2D eigenvalue weighted by Crippen LogP contribution is -2.35. The number of hydrogen-bond acceptors (Lipinski definition) is 4. The second-order valence-electron chi connectivity index (χ2n) is 4.46. The Balaban J connectivity index is 2.20. The van der Waals surface area contributed by atoms with Crippen LogP contribution in [0.25, 0.3) is 0 Å². The molecule has 5 heteroatoms. The zero-order valence-electron chi connectivity index (χ0n) is 10.4. The Morgan fingerprint density at radius 3 is 2.44 bits per heavy atom. The van der Waals surface area contributed by atoms with Gasteiger partial charge in [0.15, 0.2) is 15.6 Å². The fourth-order valence-corrected chi connectivity index (χ4v) is 2.97. The summed E-state index contributed by atoms with van der Waals surface area (Å²) >= 11 is 0. The Morgan fingerprint density at radius 1 is 1.22 bits per heavy atom. The van der Waals surface area contributed by atoms with Crippen molar-refractivity contribution >= 4 is 21.3 Å². The van der Waals surface area contributed by atoms with Gasteiger partial charge in [-0.25, -0.2) is 8.42 Å². The number of carbonyl (C=O) groups excluding carboxylic acids is 1. The van der Waals surface area contributed by atoms with Gasteiger partial charge in [0, 0.05) is 18.7 Å². The smallest absolute Gasteiger partial charge is 0.178 e. The fraction of sp³-hybridized carbons (Fsp3) is 0.462. The summed E-state index contributed by atoms with van der Waals surface area (Å²) in [7, 11) is -3.14. The molecule has 0 aromatic heterocycles. The van der Waals surface area contributed by atoms with Crippen LogP contribution in [0.2, 0.25) is 0 Å². The first-order chi connectivity index (χ1) is 8.53. The van der Waals surface area contributed by atoms with E-state index in [0.29, 0.717) is 17.9 Å². The van der Waals surface area contributed by atoms with Crippen LogP contribution in [0.15, 0.2) is 29.2 Å². The minimum atomic E-state index is -3.14. The maximum absolute atomic E-state index is 11.7. The van der Waals surface area contributed by atoms with Gasteiger partial charge in [-0.05, 0) is 30.7 Å². The number of benzene rings is 1. The van der Waals surface area contributed by atoms with Crippen LogP contribution in [0, 0.1) is 0 Å². The molecule has 0 saturated carbocycles. The average molecular weight is 267 g/mol. The molecule has 2 rings (SSSR count). The van der Waals surface area contributed by atoms with E-state index in [0.717, 1.165) is 18.7 Å². The number of nitrogens with zero attached hydrogens (tertiary/aromatic N) is 1. The highest BCUT2D eigenvalue weighted by atomic mass is 32.2. The molecule has 1 aromatic carbocycles. The minimum absolute atomic E-state index is 0.106. The molecule has 0 spiro atoms. The van der Waals surface area contributed by atoms with E-state index in [9.17, 15) is 13.2 Å². The highest BCUT2D eigenvalue weighted by Gasteiger charge is 2.18. The van der Waals surface area contributed by atoms with Crippen molar-refractivity contribution in [1.29, 1.82) is 0 Å². The summed E-state index contributed by atoms with van der Waals surface area (Å²) in [6.45, 7) is 2.91. The first kappa shape index (κ1) is 13.1. The second-order valence-corrected chi connectivity index (χ2v) is 6.74. The lowest BCUT2D eigenvalue weighted by atomic mass is 10.1. The van der Waals surface area contributed by atoms with Crippen molar-refractivity contribution in [2.75, 3.05) is 23.7 Å². The fourth-order valence-electron chi connectivity index (χ4n) is 2.09. The molecule has 1 saturated heterocycles. The lowest BCUT2D eigenvalue weighted by molar-refractivity contribution is -0.118. The number of Topliss-reactive ketones (excluding diaryl/α,β-unsaturated/α-hetero) is 1. The topological polar surface area (TPSA) is 54.5 Å². The molecule has 0 bridgehead atoms. The molecule has 1 heterocycles. The molecule has 0 radical (unpaired) electrons. The van der Waals surface area contributed by atoms with E-state index in [-0.39, 0.29) is 11.5 Å². The van der Waals surface area contributed by atoms with Crippen molar-refractivity contribution in [2.24, 2.45) is 0 Å². The number of hydrogen-bond donors (Lipinski definition) is 0. The Bertz CT molecular complexity index is 534. The molecule has 0 atom stereocenters. The normalized spacial score (nSPS) is 16.9. The van der Waals surface area contributed by atoms with Crippen LogP contribution in [0.5, 0.6) is 0 Å². The number of sulfone groups is 1. The zero-order valence-corrected chi connectivity index (χ0v) is 11.2. The van der Waals surface area contributed by atoms with Crippen molar-refractivity contribution in [3.63, 3.8) is 0 Å². The van der Waals surface area contributed by atoms with Crippen molar-refractivity contribution in [3.05, 3.63) is 24.3 Å². The van der Waals surface area contributed by atoms with Gasteiger partial charge in [-0.1, -0.05) is 6.92 Å². The Labute approximate surface area is 108 Å². The lowest BCUT2D eigenvalue weighted by Gasteiger charge is -2.27. The van der Waals surface area contributed by atoms with Crippen molar-refractivity contribution in [3.8, 4) is 0 Å². The van der Waals surface area contributed by atoms with Crippen LogP contribution >= 0.6 is 0 Å². The number of rotatable bonds is 3. The van der Waals surface area contributed by atoms with Gasteiger partial charge in [0.25, 0.3) is 0 Å². The van der Waals surface area contributed by atoms with Crippen LogP contribution in [0.1, 0.15) is 19.8 Å². The van der Waals surface area contributed by atoms with Gasteiger partial charge in [0.05, 0.1) is 17.2 Å². The third kappa shape index (κ3) is 2.72. The predicted octanol–water partition coefficient (Wildman–Crippen LogP) is 1.65. The standard InChI is InChI=1S/C13H17NO3S/c1-2-18(16,17)13-7-5-11(6-8-13)14-9-3-4-12(15)10-14/h5-8H,2-4,9-10H2,1H3. The molecule has 1 aliphatic rings. The van der Waals surface area contributed by atoms with Crippen LogP contribution in [0.3, 0.4) is 0 Å². The molecule has 1 aliphatic heterocycles. The van der Waals surface area contributed by atoms with E-state index in [1.807, 2.05) is 4.90 Å². The molecule has 0 aliphatic carbocycles. The Hall–Kier alpha value is -1.36. The van der Waals surface area contributed by atoms with Crippen LogP contribution in [0.4, 0.5) is 5.69 Å². The number of ketones is 1. The molecule has 98 valence electrons. The largest absolute Gasteiger partial charge is 0.364 e. The quantitative estimate of drug-likeness (QED) is 0.835. The summed E-state index contributed by atoms with van der Waals surface area (Å²) in [5, 5.41) is 0. The van der Waals surface area contributed by atoms with Crippen LogP contribution in [-0.2, 0) is 14.6 Å². The molecule has 1 aromatic rings. The number of piperidine rings is 1. The highest BCUT2D eigenvalue weighted by Crippen LogP contribution is 2.21. The first-order valence-electron chi connectivity index (χ1n) is 6.12. The summed E-state index contributed by atoms with van der Waals surface area (Å²) in [4.78, 5) is 13.7. The SMILES string of the molecule is CCS(=O)(=O)c1ccc(N2CCCC(=O)C2)cc1. The van der Waals surface area contributed by atoms with E-state index in [1.54, 1.807) is 31.2 Å². The predicted molar refractivity (Wildman–Crippen MR) is 70.6 cm³/mol. The Kier molecular flexibility index (Phi) is 3.71. The maximum Gasteiger partial charge on any atom is 0.178 e. The van der Waals surface area contributed by atoms with Gasteiger partial charge in [0.1, 0.15) is 0 Å². The van der Waals surface area contributed by atoms with E-state index in [1.165, 1.54) is 0 Å². The third-order valence-electron chi connectivity index (χ3n) is 3.19. The van der Waals surface area contributed by atoms with E-state index in [4.69, 9.17) is 0 Å². The maximum atomic E-state index is 11.7. The molecule has 18 heavy (non-hydrogen) atoms. The zero-order chi connectivity index (χ0) is 13.2. The number of carbonyl (C=O) groups is 1. The van der Waals surface area contributed by atoms with E-state index >= 15 is 0 Å². The highest BCUT2D eigenvalue weighted by molar-refractivity contribution is 7.91. The van der Waals surface area contributed by atoms with Crippen molar-refractivity contribution in [2.45, 2.75) is 24.7 Å². The molecular weight excluding hydrogens is 250 g/mol. The summed E-state index contributed by atoms with van der Waals surface area (Å²) in [5.41, 5.74) is 0.915. The molecule has 0 unspecified atom stereocenters. The third-order valence-corrected chi connectivity index (χ3v) is 4.94. The summed E-state index contributed by atoms with van der Waals surface area (Å²) in [6, 6.07) is 6.79. The van der Waals surface area contributed by atoms with E-state index < -0.39 is 9.84 Å². The molecular formula is C13H17NO3S. The number of anilines is 1. The van der Waals surface area contributed by atoms with Gasteiger partial charge in [-0.3, -0.25) is 4.79 Å². The van der Waals surface area contributed by atoms with Crippen molar-refractivity contribution < 1.29 is 13.2 Å². The van der Waals surface area contributed by atoms with Gasteiger partial charge in [0.2, 0.25) is 0 Å². The molecule has 0 amide bonds. The average Bonchev–Trinajstić information content (AvgIpc) is 2.39. The van der Waals surface area contributed by atoms with Gasteiger partial charge < -0.3 is 4.90 Å². The molecule has 4 nitrogen and oxygen atoms in total. The summed E-state index contributed by atoms with van der Waals surface area (Å²) < 4.78 is 23.3. The minimum Gasteiger partial charge on any atom is -0.364 e. The first-order valence-corrected chi connectivity index (χ1v) is 7.77. The van der Waals surface area contributed by atoms with Gasteiger partial charge >= 0.3 is 0 Å². The van der Waals surface area contributed by atoms with Gasteiger partial charge in [-0.15, -0.1) is 0 Å². The monoisotopic (exact) mass is 267 g/mol. The van der Waals surface area contributed by atoms with E-state index in [2.05, 4.69) is 0 Å². The second kappa shape index (κ2) is 5.10. The van der Waals surface area contributed by atoms with Crippen LogP contribution in [-0.4, -0.2) is 33.0 Å².